The molecule has 2 N–H and O–H groups in total. The molecule has 10 nitrogen and oxygen atoms in total. The fourth-order valence-electron chi connectivity index (χ4n) is 8.34. The minimum absolute atomic E-state index is 0.0872. The van der Waals surface area contributed by atoms with Gasteiger partial charge in [-0.25, -0.2) is 0 Å². The van der Waals surface area contributed by atoms with Crippen LogP contribution in [-0.2, 0) is 38.1 Å². The summed E-state index contributed by atoms with van der Waals surface area (Å²) >= 11 is 0. The van der Waals surface area contributed by atoms with Crippen molar-refractivity contribution in [3.63, 3.8) is 0 Å². The highest BCUT2D eigenvalue weighted by atomic mass is 16.6. The van der Waals surface area contributed by atoms with Gasteiger partial charge in [-0.2, -0.15) is 0 Å². The first-order valence-electron chi connectivity index (χ1n) is 16.0. The van der Waals surface area contributed by atoms with Crippen molar-refractivity contribution < 1.29 is 43.2 Å². The molecule has 3 aliphatic rings. The van der Waals surface area contributed by atoms with Gasteiger partial charge in [0.2, 0.25) is 0 Å². The minimum atomic E-state index is -1.25. The van der Waals surface area contributed by atoms with Gasteiger partial charge in [0.05, 0.1) is 6.42 Å². The number of nitrogens with one attached hydrogen (secondary N) is 1. The Hall–Kier alpha value is -3.50. The number of aliphatic hydroxyl groups excluding tert-OH is 1. The van der Waals surface area contributed by atoms with E-state index in [2.05, 4.69) is 11.9 Å². The van der Waals surface area contributed by atoms with Gasteiger partial charge in [0.1, 0.15) is 24.4 Å². The van der Waals surface area contributed by atoms with Gasteiger partial charge in [0.15, 0.2) is 6.10 Å². The molecule has 2 saturated carbocycles. The number of esters is 4. The van der Waals surface area contributed by atoms with Crippen LogP contribution in [0.4, 0.5) is 0 Å². The number of fused-ring (bicyclic) bond motifs is 3. The Labute approximate surface area is 271 Å². The van der Waals surface area contributed by atoms with Crippen LogP contribution in [-0.4, -0.2) is 66.6 Å². The van der Waals surface area contributed by atoms with Crippen molar-refractivity contribution in [2.24, 2.45) is 22.7 Å². The molecule has 46 heavy (non-hydrogen) atoms. The highest BCUT2D eigenvalue weighted by Gasteiger charge is 2.63. The fourth-order valence-corrected chi connectivity index (χ4v) is 8.34. The summed E-state index contributed by atoms with van der Waals surface area (Å²) in [6, 6.07) is 9.36. The maximum absolute atomic E-state index is 13.4. The molecule has 0 amide bonds. The molecular formula is C36H49NO9. The number of hydrogen-bond donors (Lipinski definition) is 2. The lowest BCUT2D eigenvalue weighted by atomic mass is 9.49. The second kappa shape index (κ2) is 13.7. The molecule has 0 radical (unpaired) electrons. The topological polar surface area (TPSA) is 137 Å². The Kier molecular flexibility index (Phi) is 10.5. The van der Waals surface area contributed by atoms with Crippen molar-refractivity contribution >= 4 is 23.9 Å². The number of carbonyl (C=O) groups excluding carboxylic acids is 4. The SMILES string of the molecule is C=C1[C@@H](OC(=O)C[C@@H](NC)c2ccccc2)CC[C@@]2(C)[C@@H](O)[C@H](OC(C)=O)C3=C(C)[C@@H](OC(C)=O)C[C@@H]([C@@H](OC(C)=O)[C@H]12)C3(C)C. The molecule has 10 heteroatoms. The summed E-state index contributed by atoms with van der Waals surface area (Å²) in [4.78, 5) is 50.9. The number of benzene rings is 1. The molecule has 2 bridgehead atoms. The van der Waals surface area contributed by atoms with Crippen LogP contribution in [0.25, 0.3) is 0 Å². The van der Waals surface area contributed by atoms with E-state index in [4.69, 9.17) is 18.9 Å². The van der Waals surface area contributed by atoms with Gasteiger partial charge in [0, 0.05) is 44.1 Å². The van der Waals surface area contributed by atoms with Gasteiger partial charge in [0.25, 0.3) is 0 Å². The average molecular weight is 640 g/mol. The average Bonchev–Trinajstić information content (AvgIpc) is 2.97. The Balaban J connectivity index is 1.79. The van der Waals surface area contributed by atoms with E-state index in [0.29, 0.717) is 36.0 Å². The van der Waals surface area contributed by atoms with Gasteiger partial charge in [-0.1, -0.05) is 57.7 Å². The third kappa shape index (κ3) is 6.79. The van der Waals surface area contributed by atoms with Crippen LogP contribution < -0.4 is 5.32 Å². The van der Waals surface area contributed by atoms with Crippen LogP contribution >= 0.6 is 0 Å². The van der Waals surface area contributed by atoms with Gasteiger partial charge >= 0.3 is 23.9 Å². The van der Waals surface area contributed by atoms with Gasteiger partial charge in [-0.3, -0.25) is 19.2 Å². The zero-order valence-electron chi connectivity index (χ0n) is 28.3. The van der Waals surface area contributed by atoms with E-state index in [1.54, 1.807) is 7.05 Å². The van der Waals surface area contributed by atoms with Crippen LogP contribution in [0.15, 0.2) is 53.6 Å². The quantitative estimate of drug-likeness (QED) is 0.233. The van der Waals surface area contributed by atoms with Crippen LogP contribution in [0.1, 0.15) is 85.8 Å². The molecule has 9 atom stereocenters. The molecule has 0 unspecified atom stereocenters. The van der Waals surface area contributed by atoms with E-state index >= 15 is 0 Å². The largest absolute Gasteiger partial charge is 0.462 e. The smallest absolute Gasteiger partial charge is 0.308 e. The molecule has 2 fully saturated rings. The molecule has 0 spiro atoms. The molecule has 1 aromatic carbocycles. The summed E-state index contributed by atoms with van der Waals surface area (Å²) in [7, 11) is 1.79. The van der Waals surface area contributed by atoms with Crippen molar-refractivity contribution in [2.45, 2.75) is 111 Å². The Bertz CT molecular complexity index is 1380. The number of aliphatic hydroxyl groups is 1. The first-order valence-corrected chi connectivity index (χ1v) is 16.0. The molecule has 1 aromatic rings. The van der Waals surface area contributed by atoms with Crippen molar-refractivity contribution in [2.75, 3.05) is 7.05 Å². The molecule has 0 heterocycles. The van der Waals surface area contributed by atoms with E-state index in [1.165, 1.54) is 20.8 Å². The van der Waals surface area contributed by atoms with Crippen molar-refractivity contribution in [3.8, 4) is 0 Å². The number of ether oxygens (including phenoxy) is 4. The lowest BCUT2D eigenvalue weighted by Gasteiger charge is -2.59. The summed E-state index contributed by atoms with van der Waals surface area (Å²) in [5.74, 6) is -3.11. The lowest BCUT2D eigenvalue weighted by Crippen LogP contribution is -2.63. The van der Waals surface area contributed by atoms with Crippen molar-refractivity contribution in [3.05, 3.63) is 59.2 Å². The summed E-state index contributed by atoms with van der Waals surface area (Å²) in [5, 5.41) is 15.5. The van der Waals surface area contributed by atoms with E-state index < -0.39 is 77.1 Å². The predicted octanol–water partition coefficient (Wildman–Crippen LogP) is 4.75. The zero-order valence-corrected chi connectivity index (χ0v) is 28.3. The maximum Gasteiger partial charge on any atom is 0.308 e. The van der Waals surface area contributed by atoms with Gasteiger partial charge < -0.3 is 29.4 Å². The van der Waals surface area contributed by atoms with Gasteiger partial charge in [-0.05, 0) is 60.9 Å². The molecule has 0 aromatic heterocycles. The third-order valence-electron chi connectivity index (χ3n) is 10.5. The molecule has 0 aliphatic heterocycles. The Morgan fingerprint density at radius 3 is 2.13 bits per heavy atom. The standard InChI is InChI=1S/C36H49NO9/c1-19-27(46-29(41)18-26(37-9)24-13-11-10-12-14-24)15-16-36(8)31(19)32(44-22(4)39)25-17-28(43-21(3)38)20(2)30(35(25,6)7)33(34(36)42)45-23(5)40/h10-14,25-28,31-34,37,42H,1,15-18H2,2-9H3/t25-,26+,27-,28-,31-,32+,33+,34-,36+/m0/s1. The first kappa shape index (κ1) is 35.4. The van der Waals surface area contributed by atoms with E-state index in [0.717, 1.165) is 5.56 Å². The van der Waals surface area contributed by atoms with Crippen molar-refractivity contribution in [1.82, 2.24) is 5.32 Å². The van der Waals surface area contributed by atoms with Crippen LogP contribution in [0.5, 0.6) is 0 Å². The summed E-state index contributed by atoms with van der Waals surface area (Å²) in [6.45, 7) is 16.0. The predicted molar refractivity (Wildman–Crippen MR) is 170 cm³/mol. The molecule has 0 saturated heterocycles. The first-order chi connectivity index (χ1) is 21.5. The molecular weight excluding hydrogens is 590 g/mol. The number of rotatable bonds is 8. The number of carbonyl (C=O) groups is 4. The summed E-state index contributed by atoms with van der Waals surface area (Å²) in [6.07, 6.45) is -3.39. The molecule has 3 aliphatic carbocycles. The van der Waals surface area contributed by atoms with Crippen LogP contribution in [0.2, 0.25) is 0 Å². The number of hydrogen-bond acceptors (Lipinski definition) is 10. The van der Waals surface area contributed by atoms with Crippen LogP contribution in [0, 0.1) is 22.7 Å². The lowest BCUT2D eigenvalue weighted by molar-refractivity contribution is -0.194. The van der Waals surface area contributed by atoms with E-state index in [-0.39, 0.29) is 12.5 Å². The van der Waals surface area contributed by atoms with Crippen LogP contribution in [0.3, 0.4) is 0 Å². The Morgan fingerprint density at radius 2 is 1.57 bits per heavy atom. The highest BCUT2D eigenvalue weighted by Crippen LogP contribution is 2.60. The molecule has 252 valence electrons. The monoisotopic (exact) mass is 639 g/mol. The summed E-state index contributed by atoms with van der Waals surface area (Å²) < 4.78 is 23.9. The minimum Gasteiger partial charge on any atom is -0.462 e. The second-order valence-electron chi connectivity index (χ2n) is 13.8. The maximum atomic E-state index is 13.4. The zero-order chi connectivity index (χ0) is 34.1. The highest BCUT2D eigenvalue weighted by molar-refractivity contribution is 5.71. The Morgan fingerprint density at radius 1 is 0.957 bits per heavy atom. The van der Waals surface area contributed by atoms with Gasteiger partial charge in [-0.15, -0.1) is 0 Å². The summed E-state index contributed by atoms with van der Waals surface area (Å²) in [5.41, 5.74) is 1.05. The van der Waals surface area contributed by atoms with Crippen molar-refractivity contribution in [1.29, 1.82) is 0 Å². The van der Waals surface area contributed by atoms with E-state index in [1.807, 2.05) is 58.0 Å². The second-order valence-corrected chi connectivity index (χ2v) is 13.8. The van der Waals surface area contributed by atoms with E-state index in [9.17, 15) is 24.3 Å². The normalized spacial score (nSPS) is 32.6. The molecule has 4 rings (SSSR count). The fraction of sp³-hybridized carbons (Fsp3) is 0.611. The third-order valence-corrected chi connectivity index (χ3v) is 10.5.